The van der Waals surface area contributed by atoms with Crippen LogP contribution in [0.15, 0.2) is 48.8 Å². The van der Waals surface area contributed by atoms with Gasteiger partial charge in [0.25, 0.3) is 0 Å². The number of carbonyl (C=O) groups excluding carboxylic acids is 1. The second kappa shape index (κ2) is 8.94. The minimum absolute atomic E-state index is 0.0361. The number of anilines is 1. The van der Waals surface area contributed by atoms with Crippen molar-refractivity contribution in [1.29, 1.82) is 0 Å². The normalized spacial score (nSPS) is 24.7. The molecule has 2 aromatic heterocycles. The van der Waals surface area contributed by atoms with Gasteiger partial charge < -0.3 is 5.32 Å². The van der Waals surface area contributed by atoms with Crippen molar-refractivity contribution in [3.8, 4) is 11.8 Å². The summed E-state index contributed by atoms with van der Waals surface area (Å²) in [4.78, 5) is 21.6. The van der Waals surface area contributed by atoms with E-state index in [2.05, 4.69) is 33.2 Å². The van der Waals surface area contributed by atoms with E-state index in [9.17, 15) is 9.18 Å². The van der Waals surface area contributed by atoms with E-state index in [1.54, 1.807) is 31.3 Å². The Bertz CT molecular complexity index is 1230. The average molecular weight is 442 g/mol. The third-order valence-corrected chi connectivity index (χ3v) is 7.63. The molecule has 2 heterocycles. The minimum atomic E-state index is -0.211. The highest BCUT2D eigenvalue weighted by Gasteiger charge is 2.44. The van der Waals surface area contributed by atoms with Crippen LogP contribution in [0.2, 0.25) is 0 Å². The standard InChI is InChI=1S/C28H28FN3O/c1-3-4-18-5-8-27(31-16-18)32-28(33)17(2)19-11-20-13-22(14-21(20)12-19)24-9-10-30-26-7-6-23(29)15-25(24)26/h5-10,15-17,19-22H,11-14H2,1-2H3,(H,31,32,33)/t17?,19-,20-,21?,22?/m0/s1. The molecular formula is C28H28FN3O. The number of aromatic nitrogens is 2. The van der Waals surface area contributed by atoms with Crippen molar-refractivity contribution in [1.82, 2.24) is 9.97 Å². The van der Waals surface area contributed by atoms with Crippen molar-refractivity contribution in [2.45, 2.75) is 45.4 Å². The smallest absolute Gasteiger partial charge is 0.228 e. The van der Waals surface area contributed by atoms with E-state index >= 15 is 0 Å². The van der Waals surface area contributed by atoms with Gasteiger partial charge in [-0.1, -0.05) is 12.8 Å². The number of hydrogen-bond acceptors (Lipinski definition) is 3. The molecule has 33 heavy (non-hydrogen) atoms. The molecule has 2 saturated carbocycles. The van der Waals surface area contributed by atoms with Crippen molar-refractivity contribution in [3.63, 3.8) is 0 Å². The first-order valence-corrected chi connectivity index (χ1v) is 11.8. The van der Waals surface area contributed by atoms with E-state index in [1.807, 2.05) is 19.2 Å². The van der Waals surface area contributed by atoms with Gasteiger partial charge in [0.05, 0.1) is 5.52 Å². The second-order valence-corrected chi connectivity index (χ2v) is 9.57. The molecule has 3 aromatic rings. The summed E-state index contributed by atoms with van der Waals surface area (Å²) in [5.41, 5.74) is 2.92. The van der Waals surface area contributed by atoms with Gasteiger partial charge >= 0.3 is 0 Å². The maximum Gasteiger partial charge on any atom is 0.228 e. The van der Waals surface area contributed by atoms with Gasteiger partial charge in [0.2, 0.25) is 5.91 Å². The van der Waals surface area contributed by atoms with Crippen molar-refractivity contribution < 1.29 is 9.18 Å². The third-order valence-electron chi connectivity index (χ3n) is 7.63. The fourth-order valence-corrected chi connectivity index (χ4v) is 5.96. The largest absolute Gasteiger partial charge is 0.310 e. The maximum atomic E-state index is 13.9. The van der Waals surface area contributed by atoms with Gasteiger partial charge in [-0.25, -0.2) is 9.37 Å². The lowest BCUT2D eigenvalue weighted by Gasteiger charge is -2.21. The van der Waals surface area contributed by atoms with E-state index in [1.165, 1.54) is 11.6 Å². The molecule has 1 amide bonds. The van der Waals surface area contributed by atoms with Gasteiger partial charge in [-0.3, -0.25) is 9.78 Å². The van der Waals surface area contributed by atoms with Crippen LogP contribution in [-0.2, 0) is 4.79 Å². The maximum absolute atomic E-state index is 13.9. The highest BCUT2D eigenvalue weighted by molar-refractivity contribution is 5.91. The van der Waals surface area contributed by atoms with Crippen LogP contribution in [0.25, 0.3) is 10.9 Å². The quantitative estimate of drug-likeness (QED) is 0.510. The van der Waals surface area contributed by atoms with Crippen molar-refractivity contribution in [2.75, 3.05) is 5.32 Å². The van der Waals surface area contributed by atoms with Gasteiger partial charge in [-0.15, -0.1) is 5.92 Å². The summed E-state index contributed by atoms with van der Waals surface area (Å²) in [7, 11) is 0. The molecule has 2 aliphatic rings. The Morgan fingerprint density at radius 2 is 1.88 bits per heavy atom. The van der Waals surface area contributed by atoms with E-state index in [0.29, 0.717) is 29.5 Å². The van der Waals surface area contributed by atoms with Gasteiger partial charge in [0, 0.05) is 29.3 Å². The lowest BCUT2D eigenvalue weighted by atomic mass is 9.86. The fraction of sp³-hybridized carbons (Fsp3) is 0.393. The van der Waals surface area contributed by atoms with Gasteiger partial charge in [-0.05, 0) is 98.2 Å². The molecule has 168 valence electrons. The summed E-state index contributed by atoms with van der Waals surface area (Å²) in [5.74, 6) is 8.22. The number of benzene rings is 1. The van der Waals surface area contributed by atoms with Crippen molar-refractivity contribution in [2.24, 2.45) is 23.7 Å². The molecule has 5 atom stereocenters. The number of hydrogen-bond donors (Lipinski definition) is 1. The molecule has 5 rings (SSSR count). The van der Waals surface area contributed by atoms with Crippen LogP contribution in [0.1, 0.15) is 56.6 Å². The highest BCUT2D eigenvalue weighted by atomic mass is 19.1. The predicted octanol–water partition coefficient (Wildman–Crippen LogP) is 5.93. The first kappa shape index (κ1) is 21.6. The van der Waals surface area contributed by atoms with Crippen molar-refractivity contribution >= 4 is 22.6 Å². The number of fused-ring (bicyclic) bond motifs is 2. The summed E-state index contributed by atoms with van der Waals surface area (Å²) in [6.45, 7) is 3.82. The van der Waals surface area contributed by atoms with E-state index in [-0.39, 0.29) is 17.6 Å². The number of carbonyl (C=O) groups is 1. The van der Waals surface area contributed by atoms with Crippen LogP contribution in [0.4, 0.5) is 10.2 Å². The monoisotopic (exact) mass is 441 g/mol. The Morgan fingerprint density at radius 3 is 2.58 bits per heavy atom. The molecule has 2 aliphatic carbocycles. The van der Waals surface area contributed by atoms with Crippen LogP contribution >= 0.6 is 0 Å². The van der Waals surface area contributed by atoms with Gasteiger partial charge in [0.15, 0.2) is 0 Å². The van der Waals surface area contributed by atoms with Crippen LogP contribution in [0, 0.1) is 41.3 Å². The number of rotatable bonds is 4. The van der Waals surface area contributed by atoms with Crippen LogP contribution in [0.3, 0.4) is 0 Å². The Balaban J connectivity index is 1.22. The molecule has 2 fully saturated rings. The Kier molecular flexibility index (Phi) is 5.85. The SMILES string of the molecule is CC#Cc1ccc(NC(=O)C(C)[C@@H]2CC3CC(c4ccnc5ccc(F)cc45)C[C@@H]3C2)nc1. The molecule has 0 saturated heterocycles. The number of nitrogens with one attached hydrogen (secondary N) is 1. The third kappa shape index (κ3) is 4.35. The molecule has 0 radical (unpaired) electrons. The van der Waals surface area contributed by atoms with Crippen LogP contribution in [0.5, 0.6) is 0 Å². The van der Waals surface area contributed by atoms with Crippen molar-refractivity contribution in [3.05, 3.63) is 65.7 Å². The molecule has 4 nitrogen and oxygen atoms in total. The van der Waals surface area contributed by atoms with E-state index in [0.717, 1.165) is 42.1 Å². The summed E-state index contributed by atoms with van der Waals surface area (Å²) >= 11 is 0. The number of halogens is 1. The summed E-state index contributed by atoms with van der Waals surface area (Å²) in [6.07, 6.45) is 7.89. The molecule has 1 N–H and O–H groups in total. The first-order chi connectivity index (χ1) is 16.0. The zero-order valence-corrected chi connectivity index (χ0v) is 19.0. The van der Waals surface area contributed by atoms with E-state index in [4.69, 9.17) is 0 Å². The first-order valence-electron chi connectivity index (χ1n) is 11.8. The zero-order valence-electron chi connectivity index (χ0n) is 19.0. The van der Waals surface area contributed by atoms with Gasteiger partial charge in [0.1, 0.15) is 11.6 Å². The molecular weight excluding hydrogens is 413 g/mol. The minimum Gasteiger partial charge on any atom is -0.310 e. The summed E-state index contributed by atoms with van der Waals surface area (Å²) in [6, 6.07) is 10.6. The second-order valence-electron chi connectivity index (χ2n) is 9.57. The van der Waals surface area contributed by atoms with Crippen LogP contribution < -0.4 is 5.32 Å². The Hall–Kier alpha value is -3.26. The lowest BCUT2D eigenvalue weighted by Crippen LogP contribution is -2.26. The number of amides is 1. The highest BCUT2D eigenvalue weighted by Crippen LogP contribution is 2.54. The predicted molar refractivity (Wildman–Crippen MR) is 128 cm³/mol. The fourth-order valence-electron chi connectivity index (χ4n) is 5.96. The molecule has 1 aromatic carbocycles. The topological polar surface area (TPSA) is 54.9 Å². The average Bonchev–Trinajstić information content (AvgIpc) is 3.39. The molecule has 3 unspecified atom stereocenters. The van der Waals surface area contributed by atoms with Gasteiger partial charge in [-0.2, -0.15) is 0 Å². The van der Waals surface area contributed by atoms with E-state index < -0.39 is 0 Å². The molecule has 5 heteroatoms. The lowest BCUT2D eigenvalue weighted by molar-refractivity contribution is -0.120. The zero-order chi connectivity index (χ0) is 22.9. The summed E-state index contributed by atoms with van der Waals surface area (Å²) in [5, 5.41) is 3.91. The molecule has 0 spiro atoms. The number of pyridine rings is 2. The molecule has 0 bridgehead atoms. The molecule has 0 aliphatic heterocycles. The summed E-state index contributed by atoms with van der Waals surface area (Å²) < 4.78 is 13.9. The van der Waals surface area contributed by atoms with Crippen LogP contribution in [-0.4, -0.2) is 15.9 Å². The number of nitrogens with zero attached hydrogens (tertiary/aromatic N) is 2. The Morgan fingerprint density at radius 1 is 1.09 bits per heavy atom. The Labute approximate surface area is 194 Å².